The van der Waals surface area contributed by atoms with Crippen molar-refractivity contribution in [3.63, 3.8) is 0 Å². The molecule has 1 atom stereocenters. The third-order valence-electron chi connectivity index (χ3n) is 1.26. The van der Waals surface area contributed by atoms with Crippen molar-refractivity contribution in [2.45, 2.75) is 25.8 Å². The fourth-order valence-electron chi connectivity index (χ4n) is 0.646. The molecule has 0 radical (unpaired) electrons. The molecule has 12 heavy (non-hydrogen) atoms. The zero-order chi connectivity index (χ0) is 9.56. The number of ether oxygens (including phenoxy) is 1. The summed E-state index contributed by atoms with van der Waals surface area (Å²) in [5.74, 6) is -1.51. The van der Waals surface area contributed by atoms with Gasteiger partial charge in [-0.3, -0.25) is 9.59 Å². The molecule has 0 spiro atoms. The van der Waals surface area contributed by atoms with E-state index in [-0.39, 0.29) is 19.4 Å². The quantitative estimate of drug-likeness (QED) is 0.562. The number of hydrogen-bond acceptors (Lipinski definition) is 4. The molecule has 0 aliphatic rings. The summed E-state index contributed by atoms with van der Waals surface area (Å²) in [7, 11) is 0. The Hall–Kier alpha value is -1.10. The zero-order valence-electron chi connectivity index (χ0n) is 6.95. The summed E-state index contributed by atoms with van der Waals surface area (Å²) in [5.41, 5.74) is 5.31. The Morgan fingerprint density at radius 1 is 1.58 bits per heavy atom. The molecule has 0 aromatic rings. The van der Waals surface area contributed by atoms with Crippen molar-refractivity contribution < 1.29 is 19.4 Å². The molecule has 1 unspecified atom stereocenters. The van der Waals surface area contributed by atoms with E-state index in [2.05, 4.69) is 4.74 Å². The van der Waals surface area contributed by atoms with Gasteiger partial charge in [-0.05, 0) is 13.3 Å². The molecule has 5 nitrogen and oxygen atoms in total. The molecule has 0 aromatic carbocycles. The maximum absolute atomic E-state index is 10.8. The molecule has 0 aliphatic heterocycles. The third kappa shape index (κ3) is 4.68. The monoisotopic (exact) mass is 175 g/mol. The highest BCUT2D eigenvalue weighted by molar-refractivity contribution is 5.76. The number of hydrogen-bond donors (Lipinski definition) is 2. The molecule has 0 bridgehead atoms. The first-order valence-electron chi connectivity index (χ1n) is 3.72. The van der Waals surface area contributed by atoms with E-state index >= 15 is 0 Å². The van der Waals surface area contributed by atoms with Gasteiger partial charge < -0.3 is 15.6 Å². The lowest BCUT2D eigenvalue weighted by atomic mass is 10.2. The average Bonchev–Trinajstić information content (AvgIpc) is 2.00. The van der Waals surface area contributed by atoms with Crippen LogP contribution >= 0.6 is 0 Å². The van der Waals surface area contributed by atoms with Gasteiger partial charge >= 0.3 is 11.9 Å². The smallest absolute Gasteiger partial charge is 0.322 e. The highest BCUT2D eigenvalue weighted by Crippen LogP contribution is 1.96. The van der Waals surface area contributed by atoms with Gasteiger partial charge in [0.15, 0.2) is 0 Å². The number of carboxylic acids is 1. The Bertz CT molecular complexity index is 169. The van der Waals surface area contributed by atoms with Crippen LogP contribution in [0.4, 0.5) is 0 Å². The number of carboxylic acid groups (broad SMARTS) is 1. The second kappa shape index (κ2) is 5.54. The number of carbonyl (C=O) groups excluding carboxylic acids is 1. The minimum Gasteiger partial charge on any atom is -0.481 e. The van der Waals surface area contributed by atoms with Crippen LogP contribution in [0.25, 0.3) is 0 Å². The molecule has 5 heteroatoms. The van der Waals surface area contributed by atoms with Gasteiger partial charge in [-0.25, -0.2) is 0 Å². The second-order valence-electron chi connectivity index (χ2n) is 2.29. The molecule has 0 saturated heterocycles. The van der Waals surface area contributed by atoms with Crippen LogP contribution in [0.3, 0.4) is 0 Å². The van der Waals surface area contributed by atoms with Gasteiger partial charge in [0, 0.05) is 6.42 Å². The van der Waals surface area contributed by atoms with Gasteiger partial charge in [0.2, 0.25) is 0 Å². The standard InChI is InChI=1S/C7H13NO4/c1-2-12-7(11)5(8)3-4-6(9)10/h5H,2-4,8H2,1H3,(H,9,10). The Morgan fingerprint density at radius 2 is 2.17 bits per heavy atom. The summed E-state index contributed by atoms with van der Waals surface area (Å²) in [6.07, 6.45) is 0.00808. The van der Waals surface area contributed by atoms with Gasteiger partial charge in [0.05, 0.1) is 6.61 Å². The number of esters is 1. The van der Waals surface area contributed by atoms with Crippen molar-refractivity contribution >= 4 is 11.9 Å². The first-order chi connectivity index (χ1) is 5.57. The molecule has 0 heterocycles. The van der Waals surface area contributed by atoms with Gasteiger partial charge in [-0.15, -0.1) is 0 Å². The number of nitrogens with two attached hydrogens (primary N) is 1. The van der Waals surface area contributed by atoms with E-state index in [9.17, 15) is 9.59 Å². The van der Waals surface area contributed by atoms with Crippen molar-refractivity contribution in [3.05, 3.63) is 0 Å². The summed E-state index contributed by atoms with van der Waals surface area (Å²) in [6.45, 7) is 1.93. The Morgan fingerprint density at radius 3 is 2.58 bits per heavy atom. The predicted octanol–water partition coefficient (Wildman–Crippen LogP) is -0.258. The van der Waals surface area contributed by atoms with Crippen molar-refractivity contribution in [2.24, 2.45) is 5.73 Å². The molecule has 70 valence electrons. The maximum Gasteiger partial charge on any atom is 0.322 e. The van der Waals surface area contributed by atoms with Crippen LogP contribution in [0.1, 0.15) is 19.8 Å². The molecule has 0 amide bonds. The summed E-state index contributed by atoms with van der Waals surface area (Å²) in [6, 6.07) is -0.818. The van der Waals surface area contributed by atoms with Gasteiger partial charge in [-0.1, -0.05) is 0 Å². The van der Waals surface area contributed by atoms with Gasteiger partial charge in [0.1, 0.15) is 6.04 Å². The predicted molar refractivity (Wildman–Crippen MR) is 41.5 cm³/mol. The fraction of sp³-hybridized carbons (Fsp3) is 0.714. The van der Waals surface area contributed by atoms with Gasteiger partial charge in [0.25, 0.3) is 0 Å². The van der Waals surface area contributed by atoms with E-state index in [1.807, 2.05) is 0 Å². The highest BCUT2D eigenvalue weighted by Gasteiger charge is 2.15. The molecule has 0 aliphatic carbocycles. The zero-order valence-corrected chi connectivity index (χ0v) is 6.95. The first kappa shape index (κ1) is 10.9. The van der Waals surface area contributed by atoms with Crippen molar-refractivity contribution in [1.82, 2.24) is 0 Å². The Labute approximate surface area is 70.5 Å². The van der Waals surface area contributed by atoms with Crippen molar-refractivity contribution in [1.29, 1.82) is 0 Å². The average molecular weight is 175 g/mol. The summed E-state index contributed by atoms with van der Waals surface area (Å²) >= 11 is 0. The van der Waals surface area contributed by atoms with E-state index in [4.69, 9.17) is 10.8 Å². The van der Waals surface area contributed by atoms with Crippen LogP contribution < -0.4 is 5.73 Å². The summed E-state index contributed by atoms with van der Waals surface area (Å²) < 4.78 is 4.58. The van der Waals surface area contributed by atoms with Crippen molar-refractivity contribution in [2.75, 3.05) is 6.61 Å². The number of carbonyl (C=O) groups is 2. The van der Waals surface area contributed by atoms with Gasteiger partial charge in [-0.2, -0.15) is 0 Å². The lowest BCUT2D eigenvalue weighted by Gasteiger charge is -2.07. The van der Waals surface area contributed by atoms with E-state index in [1.54, 1.807) is 6.92 Å². The molecule has 3 N–H and O–H groups in total. The van der Waals surface area contributed by atoms with Crippen LogP contribution in [-0.4, -0.2) is 29.7 Å². The van der Waals surface area contributed by atoms with E-state index < -0.39 is 18.0 Å². The van der Waals surface area contributed by atoms with Crippen LogP contribution in [0, 0.1) is 0 Å². The van der Waals surface area contributed by atoms with Crippen LogP contribution in [0.2, 0.25) is 0 Å². The lowest BCUT2D eigenvalue weighted by Crippen LogP contribution is -2.32. The van der Waals surface area contributed by atoms with Crippen molar-refractivity contribution in [3.8, 4) is 0 Å². The molecule has 0 fully saturated rings. The highest BCUT2D eigenvalue weighted by atomic mass is 16.5. The maximum atomic E-state index is 10.8. The molecule has 0 saturated carbocycles. The fourth-order valence-corrected chi connectivity index (χ4v) is 0.646. The minimum atomic E-state index is -0.963. The minimum absolute atomic E-state index is 0.111. The largest absolute Gasteiger partial charge is 0.481 e. The van der Waals surface area contributed by atoms with E-state index in [0.717, 1.165) is 0 Å². The van der Waals surface area contributed by atoms with E-state index in [1.165, 1.54) is 0 Å². The Kier molecular flexibility index (Phi) is 5.03. The lowest BCUT2D eigenvalue weighted by molar-refractivity contribution is -0.145. The van der Waals surface area contributed by atoms with Crippen LogP contribution in [-0.2, 0) is 14.3 Å². The number of rotatable bonds is 5. The molecule has 0 rings (SSSR count). The molecule has 0 aromatic heterocycles. The van der Waals surface area contributed by atoms with Crippen LogP contribution in [0.5, 0.6) is 0 Å². The third-order valence-corrected chi connectivity index (χ3v) is 1.26. The van der Waals surface area contributed by atoms with E-state index in [0.29, 0.717) is 0 Å². The molecular formula is C7H13NO4. The SMILES string of the molecule is CCOC(=O)C(N)CCC(=O)O. The second-order valence-corrected chi connectivity index (χ2v) is 2.29. The first-order valence-corrected chi connectivity index (χ1v) is 3.72. The molecular weight excluding hydrogens is 162 g/mol. The summed E-state index contributed by atoms with van der Waals surface area (Å²) in [4.78, 5) is 20.9. The number of aliphatic carboxylic acids is 1. The normalized spacial score (nSPS) is 12.2. The van der Waals surface area contributed by atoms with Crippen LogP contribution in [0.15, 0.2) is 0 Å². The summed E-state index contributed by atoms with van der Waals surface area (Å²) in [5, 5.41) is 8.27. The Balaban J connectivity index is 3.63. The topological polar surface area (TPSA) is 89.6 Å².